The van der Waals surface area contributed by atoms with Crippen molar-refractivity contribution in [2.24, 2.45) is 0 Å². The van der Waals surface area contributed by atoms with Gasteiger partial charge in [-0.3, -0.25) is 4.90 Å². The van der Waals surface area contributed by atoms with E-state index < -0.39 is 5.72 Å². The molecule has 1 saturated heterocycles. The monoisotopic (exact) mass is 360 g/mol. The molecule has 0 aromatic heterocycles. The van der Waals surface area contributed by atoms with E-state index in [9.17, 15) is 0 Å². The Morgan fingerprint density at radius 2 is 2.12 bits per heavy atom. The third-order valence-corrected chi connectivity index (χ3v) is 5.16. The number of fused-ring (bicyclic) bond motifs is 4. The number of hydrogen-bond acceptors (Lipinski definition) is 3. The molecule has 4 nitrogen and oxygen atoms in total. The van der Waals surface area contributed by atoms with Crippen LogP contribution in [0.3, 0.4) is 0 Å². The van der Waals surface area contributed by atoms with Gasteiger partial charge in [0.15, 0.2) is 10.8 Å². The summed E-state index contributed by atoms with van der Waals surface area (Å²) >= 11 is 12.0. The topological polar surface area (TPSA) is 33.7 Å². The fourth-order valence-corrected chi connectivity index (χ4v) is 4.15. The van der Waals surface area contributed by atoms with Crippen molar-refractivity contribution in [3.63, 3.8) is 0 Å². The summed E-state index contributed by atoms with van der Waals surface area (Å²) in [5.41, 5.74) is 1.35. The van der Waals surface area contributed by atoms with Crippen LogP contribution in [0, 0.1) is 0 Å². The number of halogens is 1. The lowest BCUT2D eigenvalue weighted by atomic mass is 9.90. The first-order valence-electron chi connectivity index (χ1n) is 7.74. The molecule has 0 saturated carbocycles. The second-order valence-electron chi connectivity index (χ2n) is 6.18. The Balaban J connectivity index is 1.81. The molecule has 2 aromatic rings. The standard InChI is InChI=1S/C18H17ClN2O2S/c1-18-10-15(13-7-4-8-14(19)16(13)23-18)20-17(24)21(18)11-5-3-6-12(9-11)22-2/h3-9,15H,10H2,1-2H3,(H,20,24). The van der Waals surface area contributed by atoms with E-state index in [-0.39, 0.29) is 6.04 Å². The molecule has 0 aliphatic carbocycles. The van der Waals surface area contributed by atoms with Gasteiger partial charge in [0.05, 0.1) is 23.9 Å². The number of ether oxygens (including phenoxy) is 2. The first-order chi connectivity index (χ1) is 11.5. The number of methoxy groups -OCH3 is 1. The fraction of sp³-hybridized carbons (Fsp3) is 0.278. The number of nitrogens with one attached hydrogen (secondary N) is 1. The molecule has 124 valence electrons. The number of rotatable bonds is 2. The second kappa shape index (κ2) is 5.53. The van der Waals surface area contributed by atoms with Gasteiger partial charge in [0.2, 0.25) is 0 Å². The normalized spacial score (nSPS) is 24.7. The molecule has 2 heterocycles. The highest BCUT2D eigenvalue weighted by Crippen LogP contribution is 2.48. The minimum absolute atomic E-state index is 0.0896. The highest BCUT2D eigenvalue weighted by molar-refractivity contribution is 7.80. The molecule has 6 heteroatoms. The van der Waals surface area contributed by atoms with Crippen LogP contribution in [0.4, 0.5) is 5.69 Å². The summed E-state index contributed by atoms with van der Waals surface area (Å²) in [6.07, 6.45) is 0.762. The molecule has 4 rings (SSSR count). The predicted molar refractivity (Wildman–Crippen MR) is 99.0 cm³/mol. The minimum atomic E-state index is -0.614. The minimum Gasteiger partial charge on any atom is -0.497 e. The van der Waals surface area contributed by atoms with Crippen LogP contribution in [0.25, 0.3) is 0 Å². The molecule has 24 heavy (non-hydrogen) atoms. The quantitative estimate of drug-likeness (QED) is 0.808. The molecular formula is C18H17ClN2O2S. The molecule has 1 N–H and O–H groups in total. The number of anilines is 1. The summed E-state index contributed by atoms with van der Waals surface area (Å²) in [4.78, 5) is 1.99. The van der Waals surface area contributed by atoms with Gasteiger partial charge in [-0.25, -0.2) is 0 Å². The van der Waals surface area contributed by atoms with Gasteiger partial charge in [0.1, 0.15) is 11.5 Å². The van der Waals surface area contributed by atoms with Crippen LogP contribution >= 0.6 is 23.8 Å². The van der Waals surface area contributed by atoms with Crippen molar-refractivity contribution in [3.05, 3.63) is 53.1 Å². The van der Waals surface area contributed by atoms with Gasteiger partial charge in [0, 0.05) is 18.1 Å². The van der Waals surface area contributed by atoms with Crippen LogP contribution in [0.2, 0.25) is 5.02 Å². The van der Waals surface area contributed by atoms with Gasteiger partial charge < -0.3 is 14.8 Å². The van der Waals surface area contributed by atoms with Gasteiger partial charge >= 0.3 is 0 Å². The van der Waals surface area contributed by atoms with E-state index in [1.54, 1.807) is 7.11 Å². The van der Waals surface area contributed by atoms with E-state index in [2.05, 4.69) is 5.32 Å². The van der Waals surface area contributed by atoms with Crippen LogP contribution in [-0.2, 0) is 0 Å². The van der Waals surface area contributed by atoms with E-state index in [1.165, 1.54) is 0 Å². The maximum absolute atomic E-state index is 6.37. The molecule has 1 fully saturated rings. The smallest absolute Gasteiger partial charge is 0.188 e. The van der Waals surface area contributed by atoms with Gasteiger partial charge in [-0.15, -0.1) is 0 Å². The summed E-state index contributed by atoms with van der Waals surface area (Å²) in [6, 6.07) is 13.7. The van der Waals surface area contributed by atoms with Gasteiger partial charge in [-0.05, 0) is 37.3 Å². The number of nitrogens with zero attached hydrogens (tertiary/aromatic N) is 1. The molecule has 2 aromatic carbocycles. The van der Waals surface area contributed by atoms with E-state index in [1.807, 2.05) is 54.3 Å². The third kappa shape index (κ3) is 2.31. The molecule has 2 aliphatic rings. The molecule has 0 spiro atoms. The van der Waals surface area contributed by atoms with Gasteiger partial charge in [-0.1, -0.05) is 29.8 Å². The predicted octanol–water partition coefficient (Wildman–Crippen LogP) is 4.28. The van der Waals surface area contributed by atoms with Crippen molar-refractivity contribution in [3.8, 4) is 11.5 Å². The first-order valence-corrected chi connectivity index (χ1v) is 8.53. The van der Waals surface area contributed by atoms with E-state index in [0.29, 0.717) is 10.1 Å². The largest absolute Gasteiger partial charge is 0.497 e. The zero-order chi connectivity index (χ0) is 16.9. The maximum Gasteiger partial charge on any atom is 0.188 e. The van der Waals surface area contributed by atoms with Crippen molar-refractivity contribution >= 4 is 34.6 Å². The zero-order valence-electron chi connectivity index (χ0n) is 13.4. The summed E-state index contributed by atoms with van der Waals surface area (Å²) in [7, 11) is 1.65. The van der Waals surface area contributed by atoms with E-state index >= 15 is 0 Å². The van der Waals surface area contributed by atoms with Crippen molar-refractivity contribution in [1.29, 1.82) is 0 Å². The maximum atomic E-state index is 6.37. The number of thiocarbonyl (C=S) groups is 1. The summed E-state index contributed by atoms with van der Waals surface area (Å²) in [6.45, 7) is 2.04. The van der Waals surface area contributed by atoms with Crippen LogP contribution in [0.1, 0.15) is 24.9 Å². The van der Waals surface area contributed by atoms with E-state index in [0.717, 1.165) is 29.2 Å². The summed E-state index contributed by atoms with van der Waals surface area (Å²) in [5, 5.41) is 4.67. The Morgan fingerprint density at radius 3 is 2.92 bits per heavy atom. The molecule has 0 radical (unpaired) electrons. The Kier molecular flexibility index (Phi) is 3.58. The van der Waals surface area contributed by atoms with Crippen molar-refractivity contribution in [2.45, 2.75) is 25.1 Å². The fourth-order valence-electron chi connectivity index (χ4n) is 3.49. The summed E-state index contributed by atoms with van der Waals surface area (Å²) < 4.78 is 11.7. The first kappa shape index (κ1) is 15.5. The van der Waals surface area contributed by atoms with Gasteiger partial charge in [0.25, 0.3) is 0 Å². The van der Waals surface area contributed by atoms with Crippen LogP contribution in [0.5, 0.6) is 11.5 Å². The van der Waals surface area contributed by atoms with E-state index in [4.69, 9.17) is 33.3 Å². The molecular weight excluding hydrogens is 344 g/mol. The van der Waals surface area contributed by atoms with Crippen LogP contribution < -0.4 is 19.7 Å². The molecule has 2 aliphatic heterocycles. The highest BCUT2D eigenvalue weighted by Gasteiger charge is 2.48. The average Bonchev–Trinajstić information content (AvgIpc) is 2.55. The van der Waals surface area contributed by atoms with Gasteiger partial charge in [-0.2, -0.15) is 0 Å². The zero-order valence-corrected chi connectivity index (χ0v) is 14.9. The second-order valence-corrected chi connectivity index (χ2v) is 6.97. The SMILES string of the molecule is COc1cccc(N2C(=S)NC3CC2(C)Oc2c(Cl)cccc23)c1. The summed E-state index contributed by atoms with van der Waals surface area (Å²) in [5.74, 6) is 1.50. The Morgan fingerprint density at radius 1 is 1.33 bits per heavy atom. The highest BCUT2D eigenvalue weighted by atomic mass is 35.5. The lowest BCUT2D eigenvalue weighted by molar-refractivity contribution is 0.0499. The average molecular weight is 361 g/mol. The molecule has 2 unspecified atom stereocenters. The molecule has 0 amide bonds. The Hall–Kier alpha value is -1.98. The number of hydrogen-bond donors (Lipinski definition) is 1. The van der Waals surface area contributed by atoms with Crippen molar-refractivity contribution in [2.75, 3.05) is 12.0 Å². The van der Waals surface area contributed by atoms with Crippen molar-refractivity contribution in [1.82, 2.24) is 5.32 Å². The Bertz CT molecular complexity index is 828. The van der Waals surface area contributed by atoms with Crippen LogP contribution in [-0.4, -0.2) is 17.9 Å². The number of benzene rings is 2. The number of para-hydroxylation sites is 1. The van der Waals surface area contributed by atoms with Crippen LogP contribution in [0.15, 0.2) is 42.5 Å². The third-order valence-electron chi connectivity index (χ3n) is 4.56. The Labute approximate surface area is 151 Å². The van der Waals surface area contributed by atoms with Crippen molar-refractivity contribution < 1.29 is 9.47 Å². The lowest BCUT2D eigenvalue weighted by Gasteiger charge is -2.52. The lowest BCUT2D eigenvalue weighted by Crippen LogP contribution is -2.65. The molecule has 2 bridgehead atoms. The molecule has 2 atom stereocenters.